The van der Waals surface area contributed by atoms with Crippen molar-refractivity contribution in [2.24, 2.45) is 0 Å². The molecular weight excluding hydrogens is 510 g/mol. The molecule has 8 heteroatoms. The largest absolute Gasteiger partial charge is 0.354 e. The number of anilines is 1. The fraction of sp³-hybridized carbons (Fsp3) is 0.355. The standard InChI is InChI=1S/C31H39N3O4S/c1-5-7-21-32-31(36)25(4)33(22-27-14-12-11-13-24(27)3)30(35)23-34(28-19-17-26(6-2)18-20-28)39(37,38)29-15-9-8-10-16-29/h8-20,25H,5-7,21-23H2,1-4H3,(H,32,36)/t25-/m0/s1. The van der Waals surface area contributed by atoms with Crippen LogP contribution in [0.25, 0.3) is 0 Å². The van der Waals surface area contributed by atoms with Crippen molar-refractivity contribution in [2.75, 3.05) is 17.4 Å². The van der Waals surface area contributed by atoms with Gasteiger partial charge in [0.05, 0.1) is 10.6 Å². The summed E-state index contributed by atoms with van der Waals surface area (Å²) in [6, 6.07) is 22.1. The van der Waals surface area contributed by atoms with Crippen LogP contribution in [-0.2, 0) is 32.6 Å². The molecule has 0 bridgehead atoms. The third-order valence-corrected chi connectivity index (χ3v) is 8.63. The zero-order valence-electron chi connectivity index (χ0n) is 23.3. The Hall–Kier alpha value is -3.65. The van der Waals surface area contributed by atoms with Gasteiger partial charge in [-0.3, -0.25) is 13.9 Å². The molecule has 0 radical (unpaired) electrons. The van der Waals surface area contributed by atoms with Crippen LogP contribution >= 0.6 is 0 Å². The molecule has 0 aliphatic heterocycles. The number of hydrogen-bond donors (Lipinski definition) is 1. The first-order valence-corrected chi connectivity index (χ1v) is 14.9. The van der Waals surface area contributed by atoms with E-state index in [2.05, 4.69) is 5.32 Å². The van der Waals surface area contributed by atoms with Crippen LogP contribution in [0.1, 0.15) is 50.3 Å². The van der Waals surface area contributed by atoms with Gasteiger partial charge in [0.25, 0.3) is 10.0 Å². The summed E-state index contributed by atoms with van der Waals surface area (Å²) in [6.07, 6.45) is 2.57. The number of amides is 2. The Morgan fingerprint density at radius 1 is 0.897 bits per heavy atom. The molecule has 0 saturated carbocycles. The predicted molar refractivity (Wildman–Crippen MR) is 156 cm³/mol. The summed E-state index contributed by atoms with van der Waals surface area (Å²) < 4.78 is 28.8. The first kappa shape index (κ1) is 29.9. The fourth-order valence-electron chi connectivity index (χ4n) is 4.24. The number of rotatable bonds is 13. The normalized spacial score (nSPS) is 12.0. The average Bonchev–Trinajstić information content (AvgIpc) is 2.95. The summed E-state index contributed by atoms with van der Waals surface area (Å²) >= 11 is 0. The lowest BCUT2D eigenvalue weighted by Crippen LogP contribution is -2.51. The number of benzene rings is 3. The Morgan fingerprint density at radius 3 is 2.15 bits per heavy atom. The fourth-order valence-corrected chi connectivity index (χ4v) is 5.67. The molecule has 0 unspecified atom stereocenters. The molecule has 1 N–H and O–H groups in total. The van der Waals surface area contributed by atoms with Gasteiger partial charge in [-0.15, -0.1) is 0 Å². The molecule has 39 heavy (non-hydrogen) atoms. The predicted octanol–water partition coefficient (Wildman–Crippen LogP) is 5.09. The highest BCUT2D eigenvalue weighted by Crippen LogP contribution is 2.25. The highest BCUT2D eigenvalue weighted by molar-refractivity contribution is 7.92. The molecular formula is C31H39N3O4S. The lowest BCUT2D eigenvalue weighted by molar-refractivity contribution is -0.139. The highest BCUT2D eigenvalue weighted by atomic mass is 32.2. The van der Waals surface area contributed by atoms with Gasteiger partial charge in [0.15, 0.2) is 0 Å². The van der Waals surface area contributed by atoms with Crippen molar-refractivity contribution in [1.82, 2.24) is 10.2 Å². The number of nitrogens with one attached hydrogen (secondary N) is 1. The minimum Gasteiger partial charge on any atom is -0.354 e. The van der Waals surface area contributed by atoms with Crippen molar-refractivity contribution in [3.05, 3.63) is 95.6 Å². The molecule has 2 amide bonds. The van der Waals surface area contributed by atoms with Crippen molar-refractivity contribution in [1.29, 1.82) is 0 Å². The van der Waals surface area contributed by atoms with Crippen molar-refractivity contribution in [2.45, 2.75) is 64.4 Å². The van der Waals surface area contributed by atoms with E-state index in [0.29, 0.717) is 12.2 Å². The number of hydrogen-bond acceptors (Lipinski definition) is 4. The number of sulfonamides is 1. The summed E-state index contributed by atoms with van der Waals surface area (Å²) in [7, 11) is -4.06. The number of carbonyl (C=O) groups is 2. The van der Waals surface area contributed by atoms with Crippen LogP contribution in [0.3, 0.4) is 0 Å². The van der Waals surface area contributed by atoms with Crippen LogP contribution in [0.5, 0.6) is 0 Å². The Labute approximate surface area is 232 Å². The molecule has 7 nitrogen and oxygen atoms in total. The second kappa shape index (κ2) is 13.9. The second-order valence-electron chi connectivity index (χ2n) is 9.61. The van der Waals surface area contributed by atoms with Crippen molar-refractivity contribution < 1.29 is 18.0 Å². The van der Waals surface area contributed by atoms with Gasteiger partial charge in [0.1, 0.15) is 12.6 Å². The molecule has 3 rings (SSSR count). The maximum Gasteiger partial charge on any atom is 0.264 e. The molecule has 208 valence electrons. The van der Waals surface area contributed by atoms with Crippen LogP contribution < -0.4 is 9.62 Å². The van der Waals surface area contributed by atoms with Crippen LogP contribution in [0.15, 0.2) is 83.8 Å². The highest BCUT2D eigenvalue weighted by Gasteiger charge is 2.32. The Balaban J connectivity index is 2.00. The average molecular weight is 550 g/mol. The lowest BCUT2D eigenvalue weighted by Gasteiger charge is -2.32. The summed E-state index contributed by atoms with van der Waals surface area (Å²) in [5, 5.41) is 2.91. The van der Waals surface area contributed by atoms with Crippen molar-refractivity contribution in [3.63, 3.8) is 0 Å². The first-order valence-electron chi connectivity index (χ1n) is 13.5. The summed E-state index contributed by atoms with van der Waals surface area (Å²) in [5.41, 5.74) is 3.32. The van der Waals surface area contributed by atoms with E-state index < -0.39 is 28.5 Å². The molecule has 0 saturated heterocycles. The Kier molecular flexibility index (Phi) is 10.7. The molecule has 0 fully saturated rings. The second-order valence-corrected chi connectivity index (χ2v) is 11.5. The molecule has 0 spiro atoms. The zero-order valence-corrected chi connectivity index (χ0v) is 24.1. The van der Waals surface area contributed by atoms with Gasteiger partial charge in [0, 0.05) is 13.1 Å². The smallest absolute Gasteiger partial charge is 0.264 e. The molecule has 3 aromatic carbocycles. The minimum absolute atomic E-state index is 0.0909. The maximum atomic E-state index is 14.0. The third-order valence-electron chi connectivity index (χ3n) is 6.84. The Bertz CT molecular complexity index is 1340. The van der Waals surface area contributed by atoms with Crippen molar-refractivity contribution >= 4 is 27.5 Å². The van der Waals surface area contributed by atoms with E-state index in [1.165, 1.54) is 17.0 Å². The maximum absolute atomic E-state index is 14.0. The van der Waals surface area contributed by atoms with Crippen LogP contribution in [-0.4, -0.2) is 44.3 Å². The van der Waals surface area contributed by atoms with Gasteiger partial charge in [0.2, 0.25) is 11.8 Å². The summed E-state index contributed by atoms with van der Waals surface area (Å²) in [5.74, 6) is -0.731. The van der Waals surface area contributed by atoms with E-state index in [1.54, 1.807) is 37.3 Å². The van der Waals surface area contributed by atoms with E-state index in [0.717, 1.165) is 40.3 Å². The van der Waals surface area contributed by atoms with Crippen LogP contribution in [0.4, 0.5) is 5.69 Å². The SMILES string of the molecule is CCCCNC(=O)[C@H](C)N(Cc1ccccc1C)C(=O)CN(c1ccc(CC)cc1)S(=O)(=O)c1ccccc1. The molecule has 3 aromatic rings. The van der Waals surface area contributed by atoms with E-state index in [-0.39, 0.29) is 17.3 Å². The van der Waals surface area contributed by atoms with Gasteiger partial charge < -0.3 is 10.2 Å². The van der Waals surface area contributed by atoms with Crippen LogP contribution in [0, 0.1) is 6.92 Å². The molecule has 0 aliphatic carbocycles. The third kappa shape index (κ3) is 7.69. The van der Waals surface area contributed by atoms with E-state index in [9.17, 15) is 18.0 Å². The lowest BCUT2D eigenvalue weighted by atomic mass is 10.1. The molecule has 0 aromatic heterocycles. The minimum atomic E-state index is -4.06. The van der Waals surface area contributed by atoms with E-state index >= 15 is 0 Å². The Morgan fingerprint density at radius 2 is 1.54 bits per heavy atom. The topological polar surface area (TPSA) is 86.8 Å². The zero-order chi connectivity index (χ0) is 28.4. The molecule has 0 heterocycles. The number of nitrogens with zero attached hydrogens (tertiary/aromatic N) is 2. The van der Waals surface area contributed by atoms with E-state index in [1.807, 2.05) is 57.2 Å². The number of unbranched alkanes of at least 4 members (excludes halogenated alkanes) is 1. The molecule has 0 aliphatic rings. The van der Waals surface area contributed by atoms with Gasteiger partial charge in [-0.05, 0) is 67.6 Å². The summed E-state index contributed by atoms with van der Waals surface area (Å²) in [4.78, 5) is 28.6. The van der Waals surface area contributed by atoms with Gasteiger partial charge >= 0.3 is 0 Å². The first-order chi connectivity index (χ1) is 18.7. The van der Waals surface area contributed by atoms with Crippen molar-refractivity contribution in [3.8, 4) is 0 Å². The van der Waals surface area contributed by atoms with Gasteiger partial charge in [-0.25, -0.2) is 8.42 Å². The van der Waals surface area contributed by atoms with E-state index in [4.69, 9.17) is 0 Å². The quantitative estimate of drug-likeness (QED) is 0.301. The van der Waals surface area contributed by atoms with Gasteiger partial charge in [-0.1, -0.05) is 74.9 Å². The number of aryl methyl sites for hydroxylation is 2. The summed E-state index contributed by atoms with van der Waals surface area (Å²) in [6.45, 7) is 7.95. The van der Waals surface area contributed by atoms with Gasteiger partial charge in [-0.2, -0.15) is 0 Å². The number of carbonyl (C=O) groups excluding carboxylic acids is 2. The monoisotopic (exact) mass is 549 g/mol. The molecule has 1 atom stereocenters. The van der Waals surface area contributed by atoms with Crippen LogP contribution in [0.2, 0.25) is 0 Å².